The first kappa shape index (κ1) is 29.7. The quantitative estimate of drug-likeness (QED) is 0.261. The zero-order valence-electron chi connectivity index (χ0n) is 22.7. The van der Waals surface area contributed by atoms with Gasteiger partial charge in [0.25, 0.3) is 0 Å². The molecule has 1 saturated heterocycles. The van der Waals surface area contributed by atoms with E-state index in [1.807, 2.05) is 13.1 Å². The average molecular weight is 543 g/mol. The number of carbonyl (C=O) groups is 2. The van der Waals surface area contributed by atoms with Crippen LogP contribution in [0.4, 0.5) is 0 Å². The number of aliphatic hydroxyl groups excluding tert-OH is 1. The number of aliphatic hydroxyl groups is 1. The first-order valence-electron chi connectivity index (χ1n) is 12.7. The maximum Gasteiger partial charge on any atom is 0.338 e. The monoisotopic (exact) mass is 542 g/mol. The summed E-state index contributed by atoms with van der Waals surface area (Å²) in [6.45, 7) is 13.8. The van der Waals surface area contributed by atoms with E-state index < -0.39 is 51.0 Å². The predicted molar refractivity (Wildman–Crippen MR) is 145 cm³/mol. The third-order valence-electron chi connectivity index (χ3n) is 6.87. The first-order chi connectivity index (χ1) is 17.9. The molecule has 0 aromatic heterocycles. The Morgan fingerprint density at radius 2 is 1.53 bits per heavy atom. The Morgan fingerprint density at radius 3 is 2.05 bits per heavy atom. The molecule has 1 fully saturated rings. The highest BCUT2D eigenvalue weighted by atomic mass is 28.4. The fourth-order valence-corrected chi connectivity index (χ4v) is 4.99. The van der Waals surface area contributed by atoms with Crippen LogP contribution in [0.15, 0.2) is 73.3 Å². The van der Waals surface area contributed by atoms with Gasteiger partial charge in [0.2, 0.25) is 0 Å². The van der Waals surface area contributed by atoms with Gasteiger partial charge in [-0.25, -0.2) is 9.59 Å². The van der Waals surface area contributed by atoms with E-state index in [0.29, 0.717) is 11.1 Å². The van der Waals surface area contributed by atoms with Crippen molar-refractivity contribution in [2.24, 2.45) is 0 Å². The van der Waals surface area contributed by atoms with Crippen molar-refractivity contribution < 1.29 is 38.1 Å². The molecule has 0 aliphatic carbocycles. The molecule has 0 unspecified atom stereocenters. The van der Waals surface area contributed by atoms with E-state index >= 15 is 0 Å². The molecular formula is C29H38O8Si. The number of ether oxygens (including phenoxy) is 4. The van der Waals surface area contributed by atoms with Crippen molar-refractivity contribution in [3.63, 3.8) is 0 Å². The fraction of sp³-hybridized carbons (Fsp3) is 0.448. The third kappa shape index (κ3) is 7.39. The Morgan fingerprint density at radius 1 is 0.974 bits per heavy atom. The van der Waals surface area contributed by atoms with Gasteiger partial charge in [-0.1, -0.05) is 63.2 Å². The highest BCUT2D eigenvalue weighted by molar-refractivity contribution is 6.74. The van der Waals surface area contributed by atoms with E-state index in [9.17, 15) is 14.7 Å². The van der Waals surface area contributed by atoms with Crippen LogP contribution >= 0.6 is 0 Å². The zero-order valence-corrected chi connectivity index (χ0v) is 23.7. The van der Waals surface area contributed by atoms with Crippen LogP contribution < -0.4 is 0 Å². The topological polar surface area (TPSA) is 101 Å². The summed E-state index contributed by atoms with van der Waals surface area (Å²) in [5.74, 6) is -1.15. The molecule has 2 aromatic rings. The van der Waals surface area contributed by atoms with Crippen LogP contribution in [-0.2, 0) is 23.4 Å². The minimum Gasteiger partial charge on any atom is -0.459 e. The third-order valence-corrected chi connectivity index (χ3v) is 11.3. The molecule has 0 bridgehead atoms. The Balaban J connectivity index is 1.90. The zero-order chi connectivity index (χ0) is 27.9. The van der Waals surface area contributed by atoms with Crippen LogP contribution in [0, 0.1) is 0 Å². The summed E-state index contributed by atoms with van der Waals surface area (Å²) in [5.41, 5.74) is 0.718. The molecule has 38 heavy (non-hydrogen) atoms. The SMILES string of the molecule is C=CCO[C@H]1O[C@H](COC(=O)c2ccccc2)[C@@H](O)[C@H](O[Si](C)(C)C(C)(C)C)[C@H]1OC(=O)c1ccccc1. The molecule has 5 atom stereocenters. The second kappa shape index (κ2) is 12.8. The number of esters is 2. The van der Waals surface area contributed by atoms with E-state index in [-0.39, 0.29) is 18.3 Å². The molecule has 3 rings (SSSR count). The number of rotatable bonds is 10. The molecular weight excluding hydrogens is 504 g/mol. The molecule has 1 aliphatic heterocycles. The Kier molecular flexibility index (Phi) is 10.0. The summed E-state index contributed by atoms with van der Waals surface area (Å²) in [6.07, 6.45) is -3.90. The normalized spacial score (nSPS) is 23.9. The Labute approximate surface area is 225 Å². The minimum atomic E-state index is -2.48. The number of hydrogen-bond acceptors (Lipinski definition) is 8. The van der Waals surface area contributed by atoms with Gasteiger partial charge in [0, 0.05) is 0 Å². The van der Waals surface area contributed by atoms with E-state index in [1.165, 1.54) is 0 Å². The van der Waals surface area contributed by atoms with Gasteiger partial charge in [0.1, 0.15) is 24.9 Å². The van der Waals surface area contributed by atoms with Crippen LogP contribution in [0.25, 0.3) is 0 Å². The molecule has 2 aromatic carbocycles. The maximum absolute atomic E-state index is 13.1. The molecule has 1 aliphatic rings. The maximum atomic E-state index is 13.1. The van der Waals surface area contributed by atoms with E-state index in [4.69, 9.17) is 23.4 Å². The van der Waals surface area contributed by atoms with Crippen molar-refractivity contribution in [3.8, 4) is 0 Å². The van der Waals surface area contributed by atoms with Crippen molar-refractivity contribution in [1.29, 1.82) is 0 Å². The van der Waals surface area contributed by atoms with E-state index in [1.54, 1.807) is 66.7 Å². The van der Waals surface area contributed by atoms with Crippen molar-refractivity contribution in [1.82, 2.24) is 0 Å². The smallest absolute Gasteiger partial charge is 0.338 e. The highest BCUT2D eigenvalue weighted by Crippen LogP contribution is 2.40. The molecule has 0 spiro atoms. The molecule has 0 saturated carbocycles. The molecule has 1 N–H and O–H groups in total. The lowest BCUT2D eigenvalue weighted by Gasteiger charge is -2.48. The van der Waals surface area contributed by atoms with Gasteiger partial charge in [-0.15, -0.1) is 6.58 Å². The highest BCUT2D eigenvalue weighted by Gasteiger charge is 2.52. The average Bonchev–Trinajstić information content (AvgIpc) is 2.89. The van der Waals surface area contributed by atoms with E-state index in [0.717, 1.165) is 0 Å². The van der Waals surface area contributed by atoms with Gasteiger partial charge in [-0.2, -0.15) is 0 Å². The molecule has 8 nitrogen and oxygen atoms in total. The van der Waals surface area contributed by atoms with Gasteiger partial charge in [0.05, 0.1) is 17.7 Å². The van der Waals surface area contributed by atoms with Crippen LogP contribution in [0.2, 0.25) is 18.1 Å². The summed E-state index contributed by atoms with van der Waals surface area (Å²) >= 11 is 0. The summed E-state index contributed by atoms with van der Waals surface area (Å²) in [7, 11) is -2.48. The van der Waals surface area contributed by atoms with Gasteiger partial charge < -0.3 is 28.5 Å². The Bertz CT molecular complexity index is 1070. The largest absolute Gasteiger partial charge is 0.459 e. The second-order valence-electron chi connectivity index (χ2n) is 10.7. The van der Waals surface area contributed by atoms with E-state index in [2.05, 4.69) is 27.4 Å². The van der Waals surface area contributed by atoms with Crippen LogP contribution in [0.3, 0.4) is 0 Å². The molecule has 9 heteroatoms. The lowest BCUT2D eigenvalue weighted by atomic mass is 9.99. The standard InChI is InChI=1S/C29H38O8Si/c1-7-18-33-28-25(36-27(32)21-16-12-9-13-17-21)24(37-38(5,6)29(2,3)4)23(30)22(35-28)19-34-26(31)20-14-10-8-11-15-20/h7-17,22-25,28,30H,1,18-19H2,2-6H3/t22-,23-,24+,25-,28+/m1/s1. The molecule has 1 heterocycles. The van der Waals surface area contributed by atoms with Crippen LogP contribution in [0.1, 0.15) is 41.5 Å². The summed E-state index contributed by atoms with van der Waals surface area (Å²) in [6, 6.07) is 17.1. The lowest BCUT2D eigenvalue weighted by molar-refractivity contribution is -0.294. The summed E-state index contributed by atoms with van der Waals surface area (Å²) < 4.78 is 29.8. The van der Waals surface area contributed by atoms with Crippen molar-refractivity contribution in [2.45, 2.75) is 69.6 Å². The number of hydrogen-bond donors (Lipinski definition) is 1. The summed E-state index contributed by atoms with van der Waals surface area (Å²) in [4.78, 5) is 25.6. The number of carbonyl (C=O) groups excluding carboxylic acids is 2. The lowest BCUT2D eigenvalue weighted by Crippen LogP contribution is -2.64. The Hall–Kier alpha value is -2.82. The van der Waals surface area contributed by atoms with Gasteiger partial charge >= 0.3 is 11.9 Å². The fourth-order valence-electron chi connectivity index (χ4n) is 3.68. The minimum absolute atomic E-state index is 0.101. The van der Waals surface area contributed by atoms with Gasteiger partial charge in [0.15, 0.2) is 20.7 Å². The van der Waals surface area contributed by atoms with Crippen molar-refractivity contribution >= 4 is 20.3 Å². The van der Waals surface area contributed by atoms with Crippen molar-refractivity contribution in [2.75, 3.05) is 13.2 Å². The van der Waals surface area contributed by atoms with Crippen LogP contribution in [0.5, 0.6) is 0 Å². The van der Waals surface area contributed by atoms with Crippen molar-refractivity contribution in [3.05, 3.63) is 84.4 Å². The molecule has 0 amide bonds. The predicted octanol–water partition coefficient (Wildman–Crippen LogP) is 4.75. The molecule has 0 radical (unpaired) electrons. The second-order valence-corrected chi connectivity index (χ2v) is 15.5. The van der Waals surface area contributed by atoms with Crippen LogP contribution in [-0.4, -0.2) is 69.3 Å². The first-order valence-corrected chi connectivity index (χ1v) is 15.6. The summed E-state index contributed by atoms with van der Waals surface area (Å²) in [5, 5.41) is 11.2. The van der Waals surface area contributed by atoms with Gasteiger partial charge in [-0.05, 0) is 42.4 Å². The van der Waals surface area contributed by atoms with Gasteiger partial charge in [-0.3, -0.25) is 0 Å². The molecule has 206 valence electrons. The number of benzene rings is 2.